The van der Waals surface area contributed by atoms with Gasteiger partial charge in [-0.05, 0) is 47.7 Å². The molecule has 0 radical (unpaired) electrons. The largest absolute Gasteiger partial charge is 0.353 e. The summed E-state index contributed by atoms with van der Waals surface area (Å²) in [5, 5.41) is 0.588. The minimum Gasteiger partial charge on any atom is -0.353 e. The zero-order chi connectivity index (χ0) is 18.8. The predicted octanol–water partition coefficient (Wildman–Crippen LogP) is 4.13. The SMILES string of the molecule is Cc1cc(N2CCN(C(=O)c3cc(Cl)ccc3I)CC2)nc(C(C)C)n1. The van der Waals surface area contributed by atoms with Gasteiger partial charge in [0, 0.05) is 52.5 Å². The Morgan fingerprint density at radius 3 is 2.50 bits per heavy atom. The van der Waals surface area contributed by atoms with Crippen LogP contribution in [0.25, 0.3) is 0 Å². The minimum atomic E-state index is 0.0401. The highest BCUT2D eigenvalue weighted by atomic mass is 127. The first-order valence-corrected chi connectivity index (χ1v) is 10.2. The molecule has 1 saturated heterocycles. The van der Waals surface area contributed by atoms with Crippen molar-refractivity contribution in [2.75, 3.05) is 31.1 Å². The third-order valence-electron chi connectivity index (χ3n) is 4.42. The van der Waals surface area contributed by atoms with Gasteiger partial charge in [0.2, 0.25) is 0 Å². The van der Waals surface area contributed by atoms with Crippen LogP contribution in [-0.2, 0) is 0 Å². The Kier molecular flexibility index (Phi) is 6.02. The summed E-state index contributed by atoms with van der Waals surface area (Å²) in [5.74, 6) is 2.15. The van der Waals surface area contributed by atoms with Gasteiger partial charge < -0.3 is 9.80 Å². The number of anilines is 1. The third-order valence-corrected chi connectivity index (χ3v) is 5.60. The summed E-state index contributed by atoms with van der Waals surface area (Å²) < 4.78 is 0.924. The highest BCUT2D eigenvalue weighted by Gasteiger charge is 2.25. The van der Waals surface area contributed by atoms with Crippen LogP contribution in [0.5, 0.6) is 0 Å². The molecule has 1 fully saturated rings. The number of aryl methyl sites for hydroxylation is 1. The van der Waals surface area contributed by atoms with Gasteiger partial charge in [-0.2, -0.15) is 0 Å². The summed E-state index contributed by atoms with van der Waals surface area (Å²) >= 11 is 8.24. The number of hydrogen-bond donors (Lipinski definition) is 0. The van der Waals surface area contributed by atoms with Crippen LogP contribution in [0.2, 0.25) is 5.02 Å². The second-order valence-corrected chi connectivity index (χ2v) is 8.38. The van der Waals surface area contributed by atoms with Gasteiger partial charge in [0.25, 0.3) is 5.91 Å². The number of carbonyl (C=O) groups excluding carboxylic acids is 1. The maximum atomic E-state index is 12.8. The van der Waals surface area contributed by atoms with Gasteiger partial charge in [0.1, 0.15) is 11.6 Å². The fourth-order valence-corrected chi connectivity index (χ4v) is 3.70. The van der Waals surface area contributed by atoms with E-state index in [-0.39, 0.29) is 5.91 Å². The molecule has 1 amide bonds. The number of benzene rings is 1. The van der Waals surface area contributed by atoms with Gasteiger partial charge in [-0.1, -0.05) is 25.4 Å². The van der Waals surface area contributed by atoms with Crippen molar-refractivity contribution >= 4 is 45.9 Å². The highest BCUT2D eigenvalue weighted by Crippen LogP contribution is 2.22. The summed E-state index contributed by atoms with van der Waals surface area (Å²) in [7, 11) is 0. The molecule has 0 saturated carbocycles. The number of carbonyl (C=O) groups is 1. The van der Waals surface area contributed by atoms with Crippen LogP contribution in [0.15, 0.2) is 24.3 Å². The third kappa shape index (κ3) is 4.28. The highest BCUT2D eigenvalue weighted by molar-refractivity contribution is 14.1. The Morgan fingerprint density at radius 1 is 1.15 bits per heavy atom. The molecule has 1 aromatic carbocycles. The first-order chi connectivity index (χ1) is 12.3. The second-order valence-electron chi connectivity index (χ2n) is 6.78. The monoisotopic (exact) mass is 484 g/mol. The summed E-state index contributed by atoms with van der Waals surface area (Å²) in [4.78, 5) is 26.2. The molecule has 7 heteroatoms. The van der Waals surface area contributed by atoms with Crippen LogP contribution in [0, 0.1) is 10.5 Å². The molecule has 0 spiro atoms. The number of hydrogen-bond acceptors (Lipinski definition) is 4. The molecule has 5 nitrogen and oxygen atoms in total. The molecule has 1 aliphatic rings. The molecular weight excluding hydrogens is 463 g/mol. The molecule has 3 rings (SSSR count). The number of piperazine rings is 1. The van der Waals surface area contributed by atoms with E-state index in [2.05, 4.69) is 46.3 Å². The van der Waals surface area contributed by atoms with E-state index >= 15 is 0 Å². The van der Waals surface area contributed by atoms with E-state index in [9.17, 15) is 4.79 Å². The molecule has 0 unspecified atom stereocenters. The van der Waals surface area contributed by atoms with Crippen molar-refractivity contribution in [2.45, 2.75) is 26.7 Å². The minimum absolute atomic E-state index is 0.0401. The van der Waals surface area contributed by atoms with Crippen LogP contribution in [0.3, 0.4) is 0 Å². The van der Waals surface area contributed by atoms with Crippen molar-refractivity contribution in [1.82, 2.24) is 14.9 Å². The molecule has 1 aromatic heterocycles. The molecule has 1 aliphatic heterocycles. The molecule has 0 N–H and O–H groups in total. The number of halogens is 2. The fourth-order valence-electron chi connectivity index (χ4n) is 2.97. The molecule has 0 bridgehead atoms. The standard InChI is InChI=1S/C19H22ClIN4O/c1-12(2)18-22-13(3)10-17(23-18)24-6-8-25(9-7-24)19(26)15-11-14(20)4-5-16(15)21/h4-5,10-12H,6-9H2,1-3H3. The van der Waals surface area contributed by atoms with Crippen LogP contribution in [0.4, 0.5) is 5.82 Å². The molecule has 26 heavy (non-hydrogen) atoms. The first kappa shape index (κ1) is 19.4. The van der Waals surface area contributed by atoms with Crippen LogP contribution in [0.1, 0.15) is 41.6 Å². The van der Waals surface area contributed by atoms with E-state index < -0.39 is 0 Å². The fraction of sp³-hybridized carbons (Fsp3) is 0.421. The Labute approximate surface area is 172 Å². The van der Waals surface area contributed by atoms with Gasteiger partial charge in [0.05, 0.1) is 5.56 Å². The molecule has 2 aromatic rings. The lowest BCUT2D eigenvalue weighted by atomic mass is 10.1. The van der Waals surface area contributed by atoms with Crippen molar-refractivity contribution in [3.05, 3.63) is 49.9 Å². The zero-order valence-corrected chi connectivity index (χ0v) is 18.1. The van der Waals surface area contributed by atoms with Crippen LogP contribution >= 0.6 is 34.2 Å². The average molecular weight is 485 g/mol. The number of nitrogens with zero attached hydrogens (tertiary/aromatic N) is 4. The van der Waals surface area contributed by atoms with Gasteiger partial charge in [-0.3, -0.25) is 4.79 Å². The smallest absolute Gasteiger partial charge is 0.255 e. The zero-order valence-electron chi connectivity index (χ0n) is 15.2. The van der Waals surface area contributed by atoms with Gasteiger partial charge in [0.15, 0.2) is 0 Å². The number of rotatable bonds is 3. The quantitative estimate of drug-likeness (QED) is 0.615. The summed E-state index contributed by atoms with van der Waals surface area (Å²) in [5.41, 5.74) is 1.65. The van der Waals surface area contributed by atoms with Gasteiger partial charge >= 0.3 is 0 Å². The lowest BCUT2D eigenvalue weighted by molar-refractivity contribution is 0.0745. The van der Waals surface area contributed by atoms with Crippen LogP contribution < -0.4 is 4.90 Å². The lowest BCUT2D eigenvalue weighted by Crippen LogP contribution is -2.49. The Bertz CT molecular complexity index is 819. The Hall–Kier alpha value is -1.41. The molecule has 0 atom stereocenters. The van der Waals surface area contributed by atoms with Crippen molar-refractivity contribution in [3.8, 4) is 0 Å². The summed E-state index contributed by atoms with van der Waals surface area (Å²) in [6, 6.07) is 7.45. The molecule has 0 aliphatic carbocycles. The maximum absolute atomic E-state index is 12.8. The topological polar surface area (TPSA) is 49.3 Å². The Balaban J connectivity index is 1.71. The first-order valence-electron chi connectivity index (χ1n) is 8.70. The van der Waals surface area contributed by atoms with E-state index in [4.69, 9.17) is 16.6 Å². The maximum Gasteiger partial charge on any atom is 0.255 e. The molecule has 2 heterocycles. The molecular formula is C19H22ClIN4O. The Morgan fingerprint density at radius 2 is 1.85 bits per heavy atom. The van der Waals surface area contributed by atoms with Crippen molar-refractivity contribution in [2.24, 2.45) is 0 Å². The summed E-state index contributed by atoms with van der Waals surface area (Å²) in [6.45, 7) is 9.05. The number of amides is 1. The average Bonchev–Trinajstić information content (AvgIpc) is 2.62. The van der Waals surface area contributed by atoms with E-state index in [0.717, 1.165) is 34.0 Å². The van der Waals surface area contributed by atoms with Crippen molar-refractivity contribution in [3.63, 3.8) is 0 Å². The van der Waals surface area contributed by atoms with Gasteiger partial charge in [-0.25, -0.2) is 9.97 Å². The van der Waals surface area contributed by atoms with Gasteiger partial charge in [-0.15, -0.1) is 0 Å². The van der Waals surface area contributed by atoms with E-state index in [1.807, 2.05) is 30.0 Å². The van der Waals surface area contributed by atoms with Crippen molar-refractivity contribution < 1.29 is 4.79 Å². The van der Waals surface area contributed by atoms with E-state index in [1.165, 1.54) is 0 Å². The van der Waals surface area contributed by atoms with Crippen molar-refractivity contribution in [1.29, 1.82) is 0 Å². The number of aromatic nitrogens is 2. The second kappa shape index (κ2) is 8.08. The van der Waals surface area contributed by atoms with Crippen LogP contribution in [-0.4, -0.2) is 47.0 Å². The normalized spacial score (nSPS) is 14.8. The lowest BCUT2D eigenvalue weighted by Gasteiger charge is -2.35. The van der Waals surface area contributed by atoms with E-state index in [1.54, 1.807) is 6.07 Å². The molecule has 138 valence electrons. The van der Waals surface area contributed by atoms with E-state index in [0.29, 0.717) is 29.6 Å². The summed E-state index contributed by atoms with van der Waals surface area (Å²) in [6.07, 6.45) is 0. The predicted molar refractivity (Wildman–Crippen MR) is 113 cm³/mol.